The minimum Gasteiger partial charge on any atom is -0.506 e. The molecule has 0 aliphatic rings. The first-order valence-corrected chi connectivity index (χ1v) is 4.18. The fourth-order valence-electron chi connectivity index (χ4n) is 0.962. The Labute approximate surface area is 77.4 Å². The van der Waals surface area contributed by atoms with E-state index in [-0.39, 0.29) is 12.4 Å². The minimum atomic E-state index is 0.114. The van der Waals surface area contributed by atoms with E-state index >= 15 is 0 Å². The van der Waals surface area contributed by atoms with E-state index in [9.17, 15) is 5.11 Å². The SMILES string of the molecule is Cc1ccc(O)c(C=CCCO)n1. The van der Waals surface area contributed by atoms with Crippen molar-refractivity contribution in [3.8, 4) is 5.75 Å². The fraction of sp³-hybridized carbons (Fsp3) is 0.300. The van der Waals surface area contributed by atoms with Gasteiger partial charge in [-0.25, -0.2) is 4.98 Å². The van der Waals surface area contributed by atoms with Crippen LogP contribution in [0.5, 0.6) is 5.75 Å². The second-order valence-corrected chi connectivity index (χ2v) is 2.77. The monoisotopic (exact) mass is 179 g/mol. The number of nitrogens with zero attached hydrogens (tertiary/aromatic N) is 1. The lowest BCUT2D eigenvalue weighted by Crippen LogP contribution is -1.85. The molecule has 0 atom stereocenters. The zero-order valence-corrected chi connectivity index (χ0v) is 7.57. The Bertz CT molecular complexity index is 308. The van der Waals surface area contributed by atoms with Crippen LogP contribution in [0.25, 0.3) is 6.08 Å². The first-order valence-electron chi connectivity index (χ1n) is 4.18. The van der Waals surface area contributed by atoms with Crippen LogP contribution in [0.3, 0.4) is 0 Å². The van der Waals surface area contributed by atoms with Crippen LogP contribution in [0, 0.1) is 6.92 Å². The van der Waals surface area contributed by atoms with Gasteiger partial charge >= 0.3 is 0 Å². The molecule has 3 heteroatoms. The Morgan fingerprint density at radius 1 is 1.46 bits per heavy atom. The fourth-order valence-corrected chi connectivity index (χ4v) is 0.962. The lowest BCUT2D eigenvalue weighted by atomic mass is 10.2. The highest BCUT2D eigenvalue weighted by Gasteiger charge is 1.97. The zero-order valence-electron chi connectivity index (χ0n) is 7.57. The van der Waals surface area contributed by atoms with Crippen LogP contribution >= 0.6 is 0 Å². The van der Waals surface area contributed by atoms with Gasteiger partial charge in [0.1, 0.15) is 11.4 Å². The van der Waals surface area contributed by atoms with Gasteiger partial charge in [-0.2, -0.15) is 0 Å². The summed E-state index contributed by atoms with van der Waals surface area (Å²) < 4.78 is 0. The number of pyridine rings is 1. The number of hydrogen-bond acceptors (Lipinski definition) is 3. The number of rotatable bonds is 3. The molecule has 0 bridgehead atoms. The average molecular weight is 179 g/mol. The highest BCUT2D eigenvalue weighted by Crippen LogP contribution is 2.15. The molecule has 70 valence electrons. The molecule has 0 unspecified atom stereocenters. The van der Waals surface area contributed by atoms with Gasteiger partial charge < -0.3 is 10.2 Å². The Balaban J connectivity index is 2.81. The highest BCUT2D eigenvalue weighted by atomic mass is 16.3. The van der Waals surface area contributed by atoms with Crippen LogP contribution in [-0.2, 0) is 0 Å². The van der Waals surface area contributed by atoms with Crippen LogP contribution < -0.4 is 0 Å². The highest BCUT2D eigenvalue weighted by molar-refractivity contribution is 5.52. The number of aliphatic hydroxyl groups excluding tert-OH is 1. The molecule has 0 saturated carbocycles. The molecule has 0 aliphatic carbocycles. The van der Waals surface area contributed by atoms with Crippen molar-refractivity contribution in [3.63, 3.8) is 0 Å². The molecule has 1 aromatic heterocycles. The molecule has 0 fully saturated rings. The number of aliphatic hydroxyl groups is 1. The Morgan fingerprint density at radius 2 is 2.23 bits per heavy atom. The summed E-state index contributed by atoms with van der Waals surface area (Å²) in [5.74, 6) is 0.166. The maximum atomic E-state index is 9.36. The standard InChI is InChI=1S/C10H13NO2/c1-8-5-6-10(13)9(11-8)4-2-3-7-12/h2,4-6,12-13H,3,7H2,1H3. The van der Waals surface area contributed by atoms with Gasteiger partial charge in [0.15, 0.2) is 0 Å². The second kappa shape index (κ2) is 4.62. The largest absolute Gasteiger partial charge is 0.506 e. The quantitative estimate of drug-likeness (QED) is 0.739. The van der Waals surface area contributed by atoms with E-state index < -0.39 is 0 Å². The molecule has 0 aromatic carbocycles. The predicted octanol–water partition coefficient (Wildman–Crippen LogP) is 1.49. The van der Waals surface area contributed by atoms with Crippen molar-refractivity contribution in [2.24, 2.45) is 0 Å². The summed E-state index contributed by atoms with van der Waals surface area (Å²) in [7, 11) is 0. The number of hydrogen-bond donors (Lipinski definition) is 2. The summed E-state index contributed by atoms with van der Waals surface area (Å²) in [6.07, 6.45) is 4.06. The first kappa shape index (κ1) is 9.74. The molecule has 0 spiro atoms. The van der Waals surface area contributed by atoms with Crippen LogP contribution in [0.2, 0.25) is 0 Å². The van der Waals surface area contributed by atoms with E-state index in [0.717, 1.165) is 5.69 Å². The molecule has 1 heterocycles. The van der Waals surface area contributed by atoms with Crippen LogP contribution in [-0.4, -0.2) is 21.8 Å². The number of aromatic nitrogens is 1. The molecule has 2 N–H and O–H groups in total. The number of aryl methyl sites for hydroxylation is 1. The maximum Gasteiger partial charge on any atom is 0.141 e. The summed E-state index contributed by atoms with van der Waals surface area (Å²) in [4.78, 5) is 4.13. The summed E-state index contributed by atoms with van der Waals surface area (Å²) >= 11 is 0. The van der Waals surface area contributed by atoms with Gasteiger partial charge in [0.2, 0.25) is 0 Å². The molecule has 13 heavy (non-hydrogen) atoms. The molecule has 0 radical (unpaired) electrons. The van der Waals surface area contributed by atoms with Gasteiger partial charge in [0.05, 0.1) is 0 Å². The van der Waals surface area contributed by atoms with Gasteiger partial charge in [-0.3, -0.25) is 0 Å². The van der Waals surface area contributed by atoms with E-state index in [0.29, 0.717) is 12.1 Å². The van der Waals surface area contributed by atoms with E-state index in [2.05, 4.69) is 4.98 Å². The summed E-state index contributed by atoms with van der Waals surface area (Å²) in [5.41, 5.74) is 1.41. The molecular weight excluding hydrogens is 166 g/mol. The lowest BCUT2D eigenvalue weighted by molar-refractivity contribution is 0.303. The van der Waals surface area contributed by atoms with Crippen molar-refractivity contribution < 1.29 is 10.2 Å². The van der Waals surface area contributed by atoms with Gasteiger partial charge in [0.25, 0.3) is 0 Å². The third kappa shape index (κ3) is 2.87. The normalized spacial score (nSPS) is 10.9. The smallest absolute Gasteiger partial charge is 0.141 e. The molecule has 3 nitrogen and oxygen atoms in total. The molecule has 0 aliphatic heterocycles. The molecule has 0 amide bonds. The van der Waals surface area contributed by atoms with E-state index in [1.807, 2.05) is 6.92 Å². The van der Waals surface area contributed by atoms with Crippen molar-refractivity contribution in [2.75, 3.05) is 6.61 Å². The van der Waals surface area contributed by atoms with E-state index in [4.69, 9.17) is 5.11 Å². The second-order valence-electron chi connectivity index (χ2n) is 2.77. The Kier molecular flexibility index (Phi) is 3.46. The van der Waals surface area contributed by atoms with Crippen molar-refractivity contribution in [1.29, 1.82) is 0 Å². The molecule has 1 rings (SSSR count). The average Bonchev–Trinajstić information content (AvgIpc) is 2.11. The third-order valence-corrected chi connectivity index (χ3v) is 1.61. The third-order valence-electron chi connectivity index (χ3n) is 1.61. The molecule has 1 aromatic rings. The van der Waals surface area contributed by atoms with E-state index in [1.54, 1.807) is 24.3 Å². The van der Waals surface area contributed by atoms with Crippen LogP contribution in [0.4, 0.5) is 0 Å². The summed E-state index contributed by atoms with van der Waals surface area (Å²) in [6, 6.07) is 3.36. The molecular formula is C10H13NO2. The summed E-state index contributed by atoms with van der Waals surface area (Å²) in [6.45, 7) is 1.98. The van der Waals surface area contributed by atoms with Crippen molar-refractivity contribution in [3.05, 3.63) is 29.6 Å². The Morgan fingerprint density at radius 3 is 2.92 bits per heavy atom. The van der Waals surface area contributed by atoms with Crippen molar-refractivity contribution in [1.82, 2.24) is 4.98 Å². The number of aromatic hydroxyl groups is 1. The predicted molar refractivity (Wildman–Crippen MR) is 51.4 cm³/mol. The van der Waals surface area contributed by atoms with Crippen molar-refractivity contribution in [2.45, 2.75) is 13.3 Å². The van der Waals surface area contributed by atoms with Gasteiger partial charge in [0, 0.05) is 12.3 Å². The maximum absolute atomic E-state index is 9.36. The van der Waals surface area contributed by atoms with Crippen molar-refractivity contribution >= 4 is 6.08 Å². The Hall–Kier alpha value is -1.35. The van der Waals surface area contributed by atoms with Crippen LogP contribution in [0.1, 0.15) is 17.8 Å². The zero-order chi connectivity index (χ0) is 9.68. The summed E-state index contributed by atoms with van der Waals surface area (Å²) in [5, 5.41) is 17.9. The van der Waals surface area contributed by atoms with Crippen LogP contribution in [0.15, 0.2) is 18.2 Å². The minimum absolute atomic E-state index is 0.114. The lowest BCUT2D eigenvalue weighted by Gasteiger charge is -1.98. The van der Waals surface area contributed by atoms with Gasteiger partial charge in [-0.15, -0.1) is 0 Å². The van der Waals surface area contributed by atoms with Gasteiger partial charge in [-0.1, -0.05) is 6.08 Å². The topological polar surface area (TPSA) is 53.4 Å². The van der Waals surface area contributed by atoms with Gasteiger partial charge in [-0.05, 0) is 31.6 Å². The molecule has 0 saturated heterocycles. The van der Waals surface area contributed by atoms with E-state index in [1.165, 1.54) is 0 Å². The first-order chi connectivity index (χ1) is 6.24.